The standard InChI is InChI=1S/C22H22FN3O2S/c1-3-19(21(28)25-18-12-8-7-11-17(18)23)29-22-24-14(2)16(20(27)26-22)13-15-9-5-4-6-10-15/h4-12,19H,3,13H2,1-2H3,(H,25,28)(H,24,26,27). The average Bonchev–Trinajstić information content (AvgIpc) is 2.71. The van der Waals surface area contributed by atoms with Crippen LogP contribution in [-0.4, -0.2) is 21.1 Å². The van der Waals surface area contributed by atoms with Crippen LogP contribution in [0.4, 0.5) is 10.1 Å². The third-order valence-electron chi connectivity index (χ3n) is 4.47. The Morgan fingerprint density at radius 2 is 1.86 bits per heavy atom. The Kier molecular flexibility index (Phi) is 6.82. The van der Waals surface area contributed by atoms with Crippen molar-refractivity contribution in [3.05, 3.63) is 87.6 Å². The third kappa shape index (κ3) is 5.32. The van der Waals surface area contributed by atoms with E-state index in [9.17, 15) is 14.0 Å². The van der Waals surface area contributed by atoms with Crippen molar-refractivity contribution < 1.29 is 9.18 Å². The highest BCUT2D eigenvalue weighted by atomic mass is 32.2. The molecule has 0 saturated heterocycles. The number of H-pyrrole nitrogens is 1. The minimum absolute atomic E-state index is 0.132. The second kappa shape index (κ2) is 9.52. The van der Waals surface area contributed by atoms with Crippen LogP contribution in [0.1, 0.15) is 30.2 Å². The second-order valence-corrected chi connectivity index (χ2v) is 7.77. The number of aromatic nitrogens is 2. The van der Waals surface area contributed by atoms with Crippen molar-refractivity contribution in [2.45, 2.75) is 37.1 Å². The number of amides is 1. The fourth-order valence-corrected chi connectivity index (χ4v) is 3.82. The molecule has 0 saturated carbocycles. The molecular weight excluding hydrogens is 389 g/mol. The molecule has 150 valence electrons. The number of aromatic amines is 1. The van der Waals surface area contributed by atoms with Gasteiger partial charge in [-0.1, -0.05) is 61.2 Å². The van der Waals surface area contributed by atoms with E-state index in [0.717, 1.165) is 17.3 Å². The predicted octanol–water partition coefficient (Wildman–Crippen LogP) is 4.32. The van der Waals surface area contributed by atoms with Gasteiger partial charge >= 0.3 is 0 Å². The van der Waals surface area contributed by atoms with Crippen LogP contribution in [0.3, 0.4) is 0 Å². The van der Waals surface area contributed by atoms with Crippen LogP contribution in [-0.2, 0) is 11.2 Å². The van der Waals surface area contributed by atoms with E-state index in [-0.39, 0.29) is 17.2 Å². The number of nitrogens with one attached hydrogen (secondary N) is 2. The Bertz CT molecular complexity index is 1050. The van der Waals surface area contributed by atoms with Crippen LogP contribution in [0.5, 0.6) is 0 Å². The highest BCUT2D eigenvalue weighted by Crippen LogP contribution is 2.24. The van der Waals surface area contributed by atoms with Gasteiger partial charge in [0, 0.05) is 17.7 Å². The number of nitrogens with zero attached hydrogens (tertiary/aromatic N) is 1. The highest BCUT2D eigenvalue weighted by Gasteiger charge is 2.21. The first kappa shape index (κ1) is 20.8. The number of benzene rings is 2. The molecule has 0 aliphatic heterocycles. The van der Waals surface area contributed by atoms with E-state index in [0.29, 0.717) is 29.3 Å². The predicted molar refractivity (Wildman–Crippen MR) is 114 cm³/mol. The number of carbonyl (C=O) groups excluding carboxylic acids is 1. The normalized spacial score (nSPS) is 11.8. The van der Waals surface area contributed by atoms with Crippen molar-refractivity contribution >= 4 is 23.4 Å². The molecule has 1 unspecified atom stereocenters. The minimum Gasteiger partial charge on any atom is -0.323 e. The summed E-state index contributed by atoms with van der Waals surface area (Å²) in [5, 5.41) is 2.46. The van der Waals surface area contributed by atoms with Crippen LogP contribution >= 0.6 is 11.8 Å². The maximum Gasteiger partial charge on any atom is 0.255 e. The summed E-state index contributed by atoms with van der Waals surface area (Å²) in [6.07, 6.45) is 0.990. The molecular formula is C22H22FN3O2S. The quantitative estimate of drug-likeness (QED) is 0.449. The first-order valence-electron chi connectivity index (χ1n) is 9.33. The molecule has 2 N–H and O–H groups in total. The van der Waals surface area contributed by atoms with Crippen LogP contribution < -0.4 is 10.9 Å². The monoisotopic (exact) mass is 411 g/mol. The number of hydrogen-bond acceptors (Lipinski definition) is 4. The topological polar surface area (TPSA) is 74.8 Å². The Morgan fingerprint density at radius 3 is 2.52 bits per heavy atom. The molecule has 0 bridgehead atoms. The summed E-state index contributed by atoms with van der Waals surface area (Å²) in [4.78, 5) is 32.4. The molecule has 3 rings (SSSR count). The number of halogens is 1. The largest absolute Gasteiger partial charge is 0.323 e. The van der Waals surface area contributed by atoms with Crippen molar-refractivity contribution in [3.8, 4) is 0 Å². The van der Waals surface area contributed by atoms with Crippen LogP contribution in [0.15, 0.2) is 64.5 Å². The van der Waals surface area contributed by atoms with E-state index in [1.165, 1.54) is 12.1 Å². The summed E-state index contributed by atoms with van der Waals surface area (Å²) in [5.41, 5.74) is 2.17. The zero-order chi connectivity index (χ0) is 20.8. The van der Waals surface area contributed by atoms with E-state index in [1.807, 2.05) is 37.3 Å². The summed E-state index contributed by atoms with van der Waals surface area (Å²) < 4.78 is 13.8. The Balaban J connectivity index is 1.75. The van der Waals surface area contributed by atoms with Crippen molar-refractivity contribution in [3.63, 3.8) is 0 Å². The molecule has 2 aromatic carbocycles. The molecule has 0 aliphatic carbocycles. The van der Waals surface area contributed by atoms with Gasteiger partial charge in [-0.05, 0) is 31.0 Å². The van der Waals surface area contributed by atoms with Gasteiger partial charge in [0.1, 0.15) is 5.82 Å². The van der Waals surface area contributed by atoms with E-state index in [4.69, 9.17) is 0 Å². The van der Waals surface area contributed by atoms with Gasteiger partial charge < -0.3 is 10.3 Å². The van der Waals surface area contributed by atoms with Crippen molar-refractivity contribution in [1.29, 1.82) is 0 Å². The second-order valence-electron chi connectivity index (χ2n) is 6.58. The van der Waals surface area contributed by atoms with Gasteiger partial charge in [-0.2, -0.15) is 0 Å². The number of thioether (sulfide) groups is 1. The lowest BCUT2D eigenvalue weighted by atomic mass is 10.1. The molecule has 1 atom stereocenters. The average molecular weight is 412 g/mol. The number of carbonyl (C=O) groups is 1. The third-order valence-corrected chi connectivity index (χ3v) is 5.72. The van der Waals surface area contributed by atoms with Gasteiger partial charge in [0.2, 0.25) is 5.91 Å². The molecule has 3 aromatic rings. The zero-order valence-electron chi connectivity index (χ0n) is 16.2. The Morgan fingerprint density at radius 1 is 1.17 bits per heavy atom. The summed E-state index contributed by atoms with van der Waals surface area (Å²) in [5.74, 6) is -0.829. The van der Waals surface area contributed by atoms with E-state index < -0.39 is 11.1 Å². The van der Waals surface area contributed by atoms with E-state index >= 15 is 0 Å². The molecule has 0 fully saturated rings. The summed E-state index contributed by atoms with van der Waals surface area (Å²) in [6, 6.07) is 15.7. The molecule has 7 heteroatoms. The molecule has 0 aliphatic rings. The molecule has 29 heavy (non-hydrogen) atoms. The maximum absolute atomic E-state index is 13.8. The van der Waals surface area contributed by atoms with Gasteiger partial charge in [-0.25, -0.2) is 9.37 Å². The molecule has 1 heterocycles. The number of rotatable bonds is 7. The van der Waals surface area contributed by atoms with Crippen molar-refractivity contribution in [2.24, 2.45) is 0 Å². The lowest BCUT2D eigenvalue weighted by molar-refractivity contribution is -0.115. The van der Waals surface area contributed by atoms with Crippen LogP contribution in [0, 0.1) is 12.7 Å². The molecule has 1 amide bonds. The number of aryl methyl sites for hydroxylation is 1. The summed E-state index contributed by atoms with van der Waals surface area (Å²) >= 11 is 1.16. The first-order chi connectivity index (χ1) is 14.0. The van der Waals surface area contributed by atoms with Gasteiger partial charge in [0.15, 0.2) is 5.16 Å². The van der Waals surface area contributed by atoms with Crippen LogP contribution in [0.25, 0.3) is 0 Å². The van der Waals surface area contributed by atoms with Crippen molar-refractivity contribution in [2.75, 3.05) is 5.32 Å². The Labute approximate surface area is 172 Å². The SMILES string of the molecule is CCC(Sc1nc(C)c(Cc2ccccc2)c(=O)[nH]1)C(=O)Nc1ccccc1F. The van der Waals surface area contributed by atoms with Crippen LogP contribution in [0.2, 0.25) is 0 Å². The lowest BCUT2D eigenvalue weighted by Gasteiger charge is -2.15. The molecule has 0 spiro atoms. The first-order valence-corrected chi connectivity index (χ1v) is 10.2. The Hall–Kier alpha value is -2.93. The fraction of sp³-hybridized carbons (Fsp3) is 0.227. The summed E-state index contributed by atoms with van der Waals surface area (Å²) in [6.45, 7) is 3.64. The number of anilines is 1. The zero-order valence-corrected chi connectivity index (χ0v) is 17.1. The molecule has 0 radical (unpaired) electrons. The van der Waals surface area contributed by atoms with Gasteiger partial charge in [0.25, 0.3) is 5.56 Å². The lowest BCUT2D eigenvalue weighted by Crippen LogP contribution is -2.26. The highest BCUT2D eigenvalue weighted by molar-refractivity contribution is 8.00. The molecule has 5 nitrogen and oxygen atoms in total. The van der Waals surface area contributed by atoms with Gasteiger partial charge in [-0.3, -0.25) is 9.59 Å². The minimum atomic E-state index is -0.517. The van der Waals surface area contributed by atoms with Crippen molar-refractivity contribution in [1.82, 2.24) is 9.97 Å². The smallest absolute Gasteiger partial charge is 0.255 e. The van der Waals surface area contributed by atoms with E-state index in [1.54, 1.807) is 19.1 Å². The number of para-hydroxylation sites is 1. The fourth-order valence-electron chi connectivity index (χ4n) is 2.88. The summed E-state index contributed by atoms with van der Waals surface area (Å²) in [7, 11) is 0. The maximum atomic E-state index is 13.8. The van der Waals surface area contributed by atoms with Gasteiger partial charge in [-0.15, -0.1) is 0 Å². The van der Waals surface area contributed by atoms with Gasteiger partial charge in [0.05, 0.1) is 10.9 Å². The number of hydrogen-bond donors (Lipinski definition) is 2. The van der Waals surface area contributed by atoms with E-state index in [2.05, 4.69) is 15.3 Å². The molecule has 1 aromatic heterocycles.